The van der Waals surface area contributed by atoms with E-state index in [9.17, 15) is 0 Å². The van der Waals surface area contributed by atoms with Gasteiger partial charge in [-0.15, -0.1) is 13.2 Å². The summed E-state index contributed by atoms with van der Waals surface area (Å²) in [4.78, 5) is 0. The molecule has 0 spiro atoms. The van der Waals surface area contributed by atoms with E-state index < -0.39 is 0 Å². The van der Waals surface area contributed by atoms with Crippen LogP contribution in [0.1, 0.15) is 32.1 Å². The van der Waals surface area contributed by atoms with Crippen LogP contribution in [0.3, 0.4) is 0 Å². The molecule has 0 aliphatic heterocycles. The summed E-state index contributed by atoms with van der Waals surface area (Å²) in [5.41, 5.74) is 0.455. The summed E-state index contributed by atoms with van der Waals surface area (Å²) in [6, 6.07) is 0. The maximum Gasteiger partial charge on any atom is -0.00504 e. The van der Waals surface area contributed by atoms with Crippen molar-refractivity contribution in [3.05, 3.63) is 25.3 Å². The Labute approximate surface area is 87.1 Å². The minimum absolute atomic E-state index is 0.455. The van der Waals surface area contributed by atoms with E-state index in [4.69, 9.17) is 0 Å². The molecule has 3 atom stereocenters. The molecule has 0 aromatic heterocycles. The van der Waals surface area contributed by atoms with Gasteiger partial charge in [0.25, 0.3) is 0 Å². The van der Waals surface area contributed by atoms with Crippen LogP contribution in [-0.2, 0) is 0 Å². The summed E-state index contributed by atoms with van der Waals surface area (Å²) in [5, 5.41) is 0. The highest BCUT2D eigenvalue weighted by molar-refractivity contribution is 5.16. The molecule has 4 fully saturated rings. The van der Waals surface area contributed by atoms with Crippen molar-refractivity contribution in [1.29, 1.82) is 0 Å². The molecule has 4 aliphatic rings. The average molecular weight is 188 g/mol. The lowest BCUT2D eigenvalue weighted by Crippen LogP contribution is -2.50. The maximum atomic E-state index is 4.10. The quantitative estimate of drug-likeness (QED) is 0.578. The molecule has 0 radical (unpaired) electrons. The molecule has 4 rings (SSSR count). The number of hydrogen-bond acceptors (Lipinski definition) is 0. The van der Waals surface area contributed by atoms with Gasteiger partial charge in [-0.2, -0.15) is 0 Å². The summed E-state index contributed by atoms with van der Waals surface area (Å²) in [6.07, 6.45) is 11.8. The van der Waals surface area contributed by atoms with Gasteiger partial charge in [-0.25, -0.2) is 0 Å². The molecule has 14 heavy (non-hydrogen) atoms. The second-order valence-electron chi connectivity index (χ2n) is 5.81. The minimum atomic E-state index is 0.455. The molecule has 4 bridgehead atoms. The van der Waals surface area contributed by atoms with Gasteiger partial charge in [0.1, 0.15) is 0 Å². The fourth-order valence-electron chi connectivity index (χ4n) is 4.87. The Hall–Kier alpha value is -0.520. The van der Waals surface area contributed by atoms with Gasteiger partial charge in [0.2, 0.25) is 0 Å². The summed E-state index contributed by atoms with van der Waals surface area (Å²) in [5.74, 6) is 3.72. The van der Waals surface area contributed by atoms with Crippen LogP contribution in [0.15, 0.2) is 25.3 Å². The van der Waals surface area contributed by atoms with Gasteiger partial charge >= 0.3 is 0 Å². The Kier molecular flexibility index (Phi) is 1.72. The van der Waals surface area contributed by atoms with Crippen LogP contribution in [0.4, 0.5) is 0 Å². The van der Waals surface area contributed by atoms with E-state index in [-0.39, 0.29) is 0 Å². The zero-order valence-electron chi connectivity index (χ0n) is 8.91. The third kappa shape index (κ3) is 0.947. The number of hydrogen-bond donors (Lipinski definition) is 0. The zero-order valence-corrected chi connectivity index (χ0v) is 8.91. The fraction of sp³-hybridized carbons (Fsp3) is 0.714. The summed E-state index contributed by atoms with van der Waals surface area (Å²) in [6.45, 7) is 8.15. The lowest BCUT2D eigenvalue weighted by atomic mass is 9.45. The van der Waals surface area contributed by atoms with E-state index >= 15 is 0 Å². The van der Waals surface area contributed by atoms with Crippen molar-refractivity contribution in [1.82, 2.24) is 0 Å². The third-order valence-electron chi connectivity index (χ3n) is 5.11. The smallest absolute Gasteiger partial charge is 0.00504 e. The molecular weight excluding hydrogens is 168 g/mol. The second kappa shape index (κ2) is 2.74. The highest BCUT2D eigenvalue weighted by Crippen LogP contribution is 2.63. The van der Waals surface area contributed by atoms with Crippen LogP contribution in [0.2, 0.25) is 0 Å². The van der Waals surface area contributed by atoms with Crippen molar-refractivity contribution in [3.63, 3.8) is 0 Å². The van der Waals surface area contributed by atoms with E-state index in [1.165, 1.54) is 32.1 Å². The third-order valence-corrected chi connectivity index (χ3v) is 5.11. The fourth-order valence-corrected chi connectivity index (χ4v) is 4.87. The van der Waals surface area contributed by atoms with Crippen LogP contribution in [0, 0.1) is 29.1 Å². The molecule has 3 unspecified atom stereocenters. The van der Waals surface area contributed by atoms with Crippen molar-refractivity contribution in [3.8, 4) is 0 Å². The predicted molar refractivity (Wildman–Crippen MR) is 59.9 cm³/mol. The van der Waals surface area contributed by atoms with Gasteiger partial charge in [-0.3, -0.25) is 0 Å². The summed E-state index contributed by atoms with van der Waals surface area (Å²) < 4.78 is 0. The Morgan fingerprint density at radius 1 is 1.00 bits per heavy atom. The molecule has 0 N–H and O–H groups in total. The highest BCUT2D eigenvalue weighted by atomic mass is 14.6. The Morgan fingerprint density at radius 3 is 2.14 bits per heavy atom. The van der Waals surface area contributed by atoms with Gasteiger partial charge in [-0.1, -0.05) is 12.2 Å². The molecule has 0 saturated heterocycles. The topological polar surface area (TPSA) is 0 Å². The van der Waals surface area contributed by atoms with Crippen LogP contribution in [-0.4, -0.2) is 0 Å². The molecule has 76 valence electrons. The molecule has 0 amide bonds. The molecule has 4 aliphatic carbocycles. The standard InChI is InChI=1S/C14H20/c1-3-13-12-6-10-5-11(7-12)9-14(13,4-2)8-10/h3-4,10-13H,1-2,5-9H2. The Balaban J connectivity index is 2.01. The molecule has 0 heterocycles. The first-order chi connectivity index (χ1) is 6.77. The van der Waals surface area contributed by atoms with E-state index in [0.29, 0.717) is 5.41 Å². The van der Waals surface area contributed by atoms with Crippen molar-refractivity contribution < 1.29 is 0 Å². The van der Waals surface area contributed by atoms with Crippen LogP contribution >= 0.6 is 0 Å². The molecule has 0 heteroatoms. The van der Waals surface area contributed by atoms with Crippen molar-refractivity contribution in [2.75, 3.05) is 0 Å². The normalized spacial score (nSPS) is 54.6. The first-order valence-corrected chi connectivity index (χ1v) is 6.03. The Bertz CT molecular complexity index is 262. The number of allylic oxidation sites excluding steroid dienone is 2. The number of rotatable bonds is 2. The second-order valence-corrected chi connectivity index (χ2v) is 5.81. The van der Waals surface area contributed by atoms with Crippen molar-refractivity contribution in [2.24, 2.45) is 29.1 Å². The van der Waals surface area contributed by atoms with Crippen LogP contribution in [0.5, 0.6) is 0 Å². The SMILES string of the molecule is C=CC1C2CC3CC(C2)CC1(C=C)C3. The van der Waals surface area contributed by atoms with Crippen LogP contribution in [0.25, 0.3) is 0 Å². The zero-order chi connectivity index (χ0) is 9.76. The first kappa shape index (κ1) is 8.76. The van der Waals surface area contributed by atoms with Crippen molar-refractivity contribution >= 4 is 0 Å². The lowest BCUT2D eigenvalue weighted by Gasteiger charge is -2.59. The van der Waals surface area contributed by atoms with E-state index in [1.807, 2.05) is 0 Å². The maximum absolute atomic E-state index is 4.10. The first-order valence-electron chi connectivity index (χ1n) is 6.03. The highest BCUT2D eigenvalue weighted by Gasteiger charge is 2.54. The van der Waals surface area contributed by atoms with E-state index in [0.717, 1.165) is 23.7 Å². The predicted octanol–water partition coefficient (Wildman–Crippen LogP) is 3.80. The molecule has 4 saturated carbocycles. The van der Waals surface area contributed by atoms with Gasteiger partial charge in [0.15, 0.2) is 0 Å². The van der Waals surface area contributed by atoms with Crippen LogP contribution < -0.4 is 0 Å². The van der Waals surface area contributed by atoms with Gasteiger partial charge < -0.3 is 0 Å². The minimum Gasteiger partial charge on any atom is -0.103 e. The summed E-state index contributed by atoms with van der Waals surface area (Å²) in [7, 11) is 0. The molecular formula is C14H20. The monoisotopic (exact) mass is 188 g/mol. The average Bonchev–Trinajstić information content (AvgIpc) is 2.16. The van der Waals surface area contributed by atoms with Gasteiger partial charge in [-0.05, 0) is 61.2 Å². The summed E-state index contributed by atoms with van der Waals surface area (Å²) >= 11 is 0. The van der Waals surface area contributed by atoms with E-state index in [2.05, 4.69) is 25.3 Å². The Morgan fingerprint density at radius 2 is 1.64 bits per heavy atom. The molecule has 0 nitrogen and oxygen atoms in total. The molecule has 0 aromatic carbocycles. The van der Waals surface area contributed by atoms with Gasteiger partial charge in [0, 0.05) is 0 Å². The lowest BCUT2D eigenvalue weighted by molar-refractivity contribution is -0.0607. The largest absolute Gasteiger partial charge is 0.103 e. The molecule has 0 aromatic rings. The van der Waals surface area contributed by atoms with E-state index in [1.54, 1.807) is 0 Å². The van der Waals surface area contributed by atoms with Crippen molar-refractivity contribution in [2.45, 2.75) is 32.1 Å². The van der Waals surface area contributed by atoms with Gasteiger partial charge in [0.05, 0.1) is 0 Å².